The number of carbonyl (C=O) groups is 1. The van der Waals surface area contributed by atoms with Crippen LogP contribution in [0.5, 0.6) is 0 Å². The van der Waals surface area contributed by atoms with Crippen LogP contribution in [0.1, 0.15) is 84.4 Å². The van der Waals surface area contributed by atoms with Crippen LogP contribution in [-0.4, -0.2) is 34.7 Å². The van der Waals surface area contributed by atoms with Gasteiger partial charge in [-0.3, -0.25) is 4.98 Å². The molecular weight excluding hydrogens is 324 g/mol. The molecule has 0 aromatic carbocycles. The van der Waals surface area contributed by atoms with Gasteiger partial charge >= 0.3 is 6.09 Å². The Morgan fingerprint density at radius 3 is 2.23 bits per heavy atom. The first-order valence-electron chi connectivity index (χ1n) is 10.0. The van der Waals surface area contributed by atoms with Gasteiger partial charge in [0.2, 0.25) is 0 Å². The first-order chi connectivity index (χ1) is 12.1. The van der Waals surface area contributed by atoms with E-state index < -0.39 is 5.60 Å². The van der Waals surface area contributed by atoms with Crippen molar-refractivity contribution in [3.63, 3.8) is 0 Å². The topological polar surface area (TPSA) is 42.4 Å². The second kappa shape index (κ2) is 8.41. The summed E-state index contributed by atoms with van der Waals surface area (Å²) in [6.45, 7) is 16.4. The summed E-state index contributed by atoms with van der Waals surface area (Å²) in [5.41, 5.74) is 2.14. The monoisotopic (exact) mass is 360 g/mol. The van der Waals surface area contributed by atoms with Crippen molar-refractivity contribution in [3.05, 3.63) is 29.6 Å². The number of ether oxygens (including phenoxy) is 1. The molecule has 0 radical (unpaired) electrons. The number of hydrogen-bond acceptors (Lipinski definition) is 3. The molecule has 1 aliphatic heterocycles. The molecule has 1 aromatic rings. The minimum atomic E-state index is -0.434. The first-order valence-corrected chi connectivity index (χ1v) is 10.0. The van der Waals surface area contributed by atoms with Crippen molar-refractivity contribution in [1.29, 1.82) is 0 Å². The molecule has 146 valence electrons. The molecule has 4 heteroatoms. The summed E-state index contributed by atoms with van der Waals surface area (Å²) < 4.78 is 5.50. The fraction of sp³-hybridized carbons (Fsp3) is 0.727. The van der Waals surface area contributed by atoms with Crippen LogP contribution in [0.2, 0.25) is 0 Å². The highest BCUT2D eigenvalue weighted by molar-refractivity contribution is 5.68. The molecule has 4 nitrogen and oxygen atoms in total. The second-order valence-electron chi connectivity index (χ2n) is 9.27. The Hall–Kier alpha value is -1.58. The van der Waals surface area contributed by atoms with Crippen LogP contribution in [0.4, 0.5) is 4.79 Å². The quantitative estimate of drug-likeness (QED) is 0.702. The van der Waals surface area contributed by atoms with Crippen molar-refractivity contribution in [3.8, 4) is 0 Å². The van der Waals surface area contributed by atoms with Gasteiger partial charge in [-0.1, -0.05) is 27.7 Å². The van der Waals surface area contributed by atoms with E-state index in [1.165, 1.54) is 11.3 Å². The zero-order valence-electron chi connectivity index (χ0n) is 17.6. The summed E-state index contributed by atoms with van der Waals surface area (Å²) in [6, 6.07) is 4.45. The van der Waals surface area contributed by atoms with Gasteiger partial charge in [-0.25, -0.2) is 4.79 Å². The highest BCUT2D eigenvalue weighted by Gasteiger charge is 2.28. The van der Waals surface area contributed by atoms with Crippen LogP contribution in [0.25, 0.3) is 0 Å². The Balaban J connectivity index is 2.04. The van der Waals surface area contributed by atoms with E-state index in [0.717, 1.165) is 25.9 Å². The largest absolute Gasteiger partial charge is 0.444 e. The number of carbonyl (C=O) groups excluding carboxylic acids is 1. The highest BCUT2D eigenvalue weighted by atomic mass is 16.6. The Kier molecular flexibility index (Phi) is 6.70. The average molecular weight is 361 g/mol. The summed E-state index contributed by atoms with van der Waals surface area (Å²) in [4.78, 5) is 18.8. The van der Waals surface area contributed by atoms with Crippen LogP contribution in [0.3, 0.4) is 0 Å². The molecule has 0 N–H and O–H groups in total. The molecule has 1 fully saturated rings. The summed E-state index contributed by atoms with van der Waals surface area (Å²) in [5, 5.41) is 0. The molecule has 2 heterocycles. The third-order valence-electron chi connectivity index (χ3n) is 5.20. The molecule has 1 aromatic heterocycles. The first kappa shape index (κ1) is 20.7. The minimum Gasteiger partial charge on any atom is -0.444 e. The molecule has 2 rings (SSSR count). The van der Waals surface area contributed by atoms with Crippen LogP contribution in [0.15, 0.2) is 18.3 Å². The lowest BCUT2D eigenvalue weighted by Crippen LogP contribution is -2.41. The van der Waals surface area contributed by atoms with Gasteiger partial charge in [0.1, 0.15) is 5.60 Å². The molecule has 0 unspecified atom stereocenters. The number of aromatic nitrogens is 1. The molecular formula is C22H36N2O2. The fourth-order valence-corrected chi connectivity index (χ4v) is 4.08. The zero-order chi connectivity index (χ0) is 19.5. The predicted molar refractivity (Wildman–Crippen MR) is 106 cm³/mol. The van der Waals surface area contributed by atoms with Gasteiger partial charge < -0.3 is 9.64 Å². The van der Waals surface area contributed by atoms with Gasteiger partial charge in [0.25, 0.3) is 0 Å². The SMILES string of the molecule is CC(C)C(c1cc(C2CCN(C(=O)OC(C)(C)C)CC2)ccn1)C(C)C. The fourth-order valence-electron chi connectivity index (χ4n) is 4.08. The average Bonchev–Trinajstić information content (AvgIpc) is 2.53. The third kappa shape index (κ3) is 5.46. The number of amides is 1. The van der Waals surface area contributed by atoms with Gasteiger partial charge in [0, 0.05) is 30.9 Å². The number of hydrogen-bond donors (Lipinski definition) is 0. The number of nitrogens with zero attached hydrogens (tertiary/aromatic N) is 2. The molecule has 1 aliphatic rings. The summed E-state index contributed by atoms with van der Waals surface area (Å²) in [5.74, 6) is 2.13. The standard InChI is InChI=1S/C22H36N2O2/c1-15(2)20(16(3)4)19-14-18(8-11-23-19)17-9-12-24(13-10-17)21(25)26-22(5,6)7/h8,11,14-17,20H,9-10,12-13H2,1-7H3. The smallest absolute Gasteiger partial charge is 0.410 e. The molecule has 26 heavy (non-hydrogen) atoms. The lowest BCUT2D eigenvalue weighted by atomic mass is 9.81. The Morgan fingerprint density at radius 1 is 1.15 bits per heavy atom. The second-order valence-corrected chi connectivity index (χ2v) is 9.27. The lowest BCUT2D eigenvalue weighted by Gasteiger charge is -2.34. The van der Waals surface area contributed by atoms with Gasteiger partial charge in [-0.05, 0) is 69.1 Å². The predicted octanol–water partition coefficient (Wildman–Crippen LogP) is 5.59. The van der Waals surface area contributed by atoms with E-state index in [1.54, 1.807) is 0 Å². The van der Waals surface area contributed by atoms with Crippen molar-refractivity contribution in [2.24, 2.45) is 11.8 Å². The molecule has 0 saturated carbocycles. The highest BCUT2D eigenvalue weighted by Crippen LogP contribution is 2.34. The number of rotatable bonds is 4. The zero-order valence-corrected chi connectivity index (χ0v) is 17.6. The molecule has 1 saturated heterocycles. The summed E-state index contributed by atoms with van der Waals surface area (Å²) in [7, 11) is 0. The number of pyridine rings is 1. The van der Waals surface area contributed by atoms with Gasteiger partial charge in [-0.2, -0.15) is 0 Å². The Bertz CT molecular complexity index is 588. The van der Waals surface area contributed by atoms with E-state index in [0.29, 0.717) is 23.7 Å². The van der Waals surface area contributed by atoms with E-state index in [4.69, 9.17) is 4.74 Å². The molecule has 0 aliphatic carbocycles. The summed E-state index contributed by atoms with van der Waals surface area (Å²) >= 11 is 0. The van der Waals surface area contributed by atoms with E-state index in [9.17, 15) is 4.79 Å². The maximum absolute atomic E-state index is 12.2. The van der Waals surface area contributed by atoms with Crippen molar-refractivity contribution in [1.82, 2.24) is 9.88 Å². The number of piperidine rings is 1. The van der Waals surface area contributed by atoms with Crippen LogP contribution in [-0.2, 0) is 4.74 Å². The third-order valence-corrected chi connectivity index (χ3v) is 5.20. The van der Waals surface area contributed by atoms with E-state index in [2.05, 4.69) is 44.8 Å². The molecule has 1 amide bonds. The minimum absolute atomic E-state index is 0.189. The summed E-state index contributed by atoms with van der Waals surface area (Å²) in [6.07, 6.45) is 3.74. The molecule has 0 spiro atoms. The Morgan fingerprint density at radius 2 is 1.73 bits per heavy atom. The van der Waals surface area contributed by atoms with Crippen LogP contribution in [0, 0.1) is 11.8 Å². The van der Waals surface area contributed by atoms with E-state index in [-0.39, 0.29) is 6.09 Å². The Labute approximate surface area is 159 Å². The van der Waals surface area contributed by atoms with Gasteiger partial charge in [0.15, 0.2) is 0 Å². The molecule has 0 atom stereocenters. The van der Waals surface area contributed by atoms with E-state index >= 15 is 0 Å². The maximum atomic E-state index is 12.2. The van der Waals surface area contributed by atoms with Crippen molar-refractivity contribution in [2.75, 3.05) is 13.1 Å². The maximum Gasteiger partial charge on any atom is 0.410 e. The van der Waals surface area contributed by atoms with E-state index in [1.807, 2.05) is 31.9 Å². The number of likely N-dealkylation sites (tertiary alicyclic amines) is 1. The van der Waals surface area contributed by atoms with Crippen molar-refractivity contribution < 1.29 is 9.53 Å². The normalized spacial score (nSPS) is 16.6. The van der Waals surface area contributed by atoms with Crippen molar-refractivity contribution in [2.45, 2.75) is 78.7 Å². The van der Waals surface area contributed by atoms with Crippen LogP contribution >= 0.6 is 0 Å². The lowest BCUT2D eigenvalue weighted by molar-refractivity contribution is 0.0205. The molecule has 0 bridgehead atoms. The van der Waals surface area contributed by atoms with Crippen molar-refractivity contribution >= 4 is 6.09 Å². The van der Waals surface area contributed by atoms with Crippen LogP contribution < -0.4 is 0 Å². The van der Waals surface area contributed by atoms with Gasteiger partial charge in [-0.15, -0.1) is 0 Å². The van der Waals surface area contributed by atoms with Gasteiger partial charge in [0.05, 0.1) is 0 Å².